The van der Waals surface area contributed by atoms with Gasteiger partial charge in [0.2, 0.25) is 11.8 Å². The van der Waals surface area contributed by atoms with Crippen LogP contribution in [-0.4, -0.2) is 11.8 Å². The Labute approximate surface area is 161 Å². The molecule has 0 unspecified atom stereocenters. The summed E-state index contributed by atoms with van der Waals surface area (Å²) in [6.45, 7) is 1.64. The molecule has 2 aromatic carbocycles. The molecule has 2 aromatic rings. The number of rotatable bonds is 5. The molecule has 1 heterocycles. The van der Waals surface area contributed by atoms with Crippen LogP contribution in [0.2, 0.25) is 0 Å². The Morgan fingerprint density at radius 2 is 1.96 bits per heavy atom. The zero-order chi connectivity index (χ0) is 20.3. The van der Waals surface area contributed by atoms with Gasteiger partial charge in [-0.1, -0.05) is 30.3 Å². The summed E-state index contributed by atoms with van der Waals surface area (Å²) in [5.74, 6) is -0.710. The number of halogens is 3. The monoisotopic (exact) mass is 390 g/mol. The molecule has 0 saturated carbocycles. The molecule has 148 valence electrons. The highest BCUT2D eigenvalue weighted by Gasteiger charge is 2.31. The van der Waals surface area contributed by atoms with Crippen molar-refractivity contribution in [1.82, 2.24) is 5.32 Å². The molecule has 3 rings (SSSR count). The van der Waals surface area contributed by atoms with Gasteiger partial charge in [-0.15, -0.1) is 0 Å². The van der Waals surface area contributed by atoms with E-state index < -0.39 is 17.8 Å². The number of para-hydroxylation sites is 1. The quantitative estimate of drug-likeness (QED) is 0.791. The second-order valence-corrected chi connectivity index (χ2v) is 7.00. The molecule has 1 aliphatic rings. The van der Waals surface area contributed by atoms with E-state index in [-0.39, 0.29) is 24.2 Å². The highest BCUT2D eigenvalue weighted by atomic mass is 19.4. The normalized spacial score (nSPS) is 17.4. The zero-order valence-electron chi connectivity index (χ0n) is 15.3. The van der Waals surface area contributed by atoms with Crippen molar-refractivity contribution in [2.45, 2.75) is 38.4 Å². The lowest BCUT2D eigenvalue weighted by molar-refractivity contribution is -0.137. The third-order valence-electron chi connectivity index (χ3n) is 4.92. The molecular formula is C21H21F3N2O2. The van der Waals surface area contributed by atoms with Crippen LogP contribution in [0.4, 0.5) is 18.9 Å². The van der Waals surface area contributed by atoms with Crippen molar-refractivity contribution in [2.24, 2.45) is 5.92 Å². The van der Waals surface area contributed by atoms with Crippen molar-refractivity contribution >= 4 is 17.5 Å². The Kier molecular flexibility index (Phi) is 5.72. The number of fused-ring (bicyclic) bond motifs is 1. The van der Waals surface area contributed by atoms with Crippen molar-refractivity contribution in [2.75, 3.05) is 5.32 Å². The van der Waals surface area contributed by atoms with Gasteiger partial charge in [-0.3, -0.25) is 9.59 Å². The maximum atomic E-state index is 12.8. The molecular weight excluding hydrogens is 369 g/mol. The van der Waals surface area contributed by atoms with Crippen molar-refractivity contribution in [3.63, 3.8) is 0 Å². The molecule has 0 radical (unpaired) electrons. The minimum Gasteiger partial charge on any atom is -0.350 e. The van der Waals surface area contributed by atoms with Gasteiger partial charge in [0.05, 0.1) is 11.6 Å². The number of hydrogen-bond acceptors (Lipinski definition) is 2. The first-order valence-electron chi connectivity index (χ1n) is 9.09. The lowest BCUT2D eigenvalue weighted by Gasteiger charge is -2.24. The third kappa shape index (κ3) is 4.71. The van der Waals surface area contributed by atoms with Crippen LogP contribution in [0, 0.1) is 5.92 Å². The minimum absolute atomic E-state index is 0.113. The molecule has 0 aromatic heterocycles. The summed E-state index contributed by atoms with van der Waals surface area (Å²) in [6.07, 6.45) is -3.35. The second kappa shape index (κ2) is 8.04. The number of carbonyl (C=O) groups is 2. The predicted molar refractivity (Wildman–Crippen MR) is 99.5 cm³/mol. The van der Waals surface area contributed by atoms with Gasteiger partial charge < -0.3 is 10.6 Å². The molecule has 2 atom stereocenters. The fraction of sp³-hybridized carbons (Fsp3) is 0.333. The van der Waals surface area contributed by atoms with Gasteiger partial charge in [-0.05, 0) is 49.1 Å². The molecule has 0 spiro atoms. The molecule has 0 bridgehead atoms. The molecule has 28 heavy (non-hydrogen) atoms. The highest BCUT2D eigenvalue weighted by Crippen LogP contribution is 2.31. The van der Waals surface area contributed by atoms with Crippen LogP contribution >= 0.6 is 0 Å². The number of nitrogens with one attached hydrogen (secondary N) is 2. The summed E-state index contributed by atoms with van der Waals surface area (Å²) < 4.78 is 38.5. The lowest BCUT2D eigenvalue weighted by atomic mass is 9.89. The van der Waals surface area contributed by atoms with Crippen LogP contribution in [0.5, 0.6) is 0 Å². The highest BCUT2D eigenvalue weighted by molar-refractivity contribution is 5.96. The average Bonchev–Trinajstić information content (AvgIpc) is 2.65. The molecule has 1 aliphatic heterocycles. The van der Waals surface area contributed by atoms with Gasteiger partial charge in [0.1, 0.15) is 0 Å². The number of alkyl halides is 3. The van der Waals surface area contributed by atoms with E-state index in [1.165, 1.54) is 6.07 Å². The Balaban J connectivity index is 1.55. The van der Waals surface area contributed by atoms with Crippen molar-refractivity contribution < 1.29 is 22.8 Å². The predicted octanol–water partition coefficient (Wildman–Crippen LogP) is 4.47. The summed E-state index contributed by atoms with van der Waals surface area (Å²) in [6, 6.07) is 11.9. The minimum atomic E-state index is -4.43. The SMILES string of the molecule is C[C@@H](NC(=O)CC[C@H]1Cc2ccccc2NC1=O)c1cccc(C(F)(F)F)c1. The van der Waals surface area contributed by atoms with Crippen molar-refractivity contribution in [1.29, 1.82) is 0 Å². The van der Waals surface area contributed by atoms with E-state index in [1.54, 1.807) is 13.0 Å². The van der Waals surface area contributed by atoms with Crippen LogP contribution in [0.25, 0.3) is 0 Å². The van der Waals surface area contributed by atoms with E-state index in [1.807, 2.05) is 24.3 Å². The van der Waals surface area contributed by atoms with E-state index in [0.717, 1.165) is 23.4 Å². The number of amides is 2. The molecule has 0 aliphatic carbocycles. The van der Waals surface area contributed by atoms with Gasteiger partial charge in [0, 0.05) is 18.0 Å². The Morgan fingerprint density at radius 3 is 2.71 bits per heavy atom. The van der Waals surface area contributed by atoms with E-state index in [2.05, 4.69) is 10.6 Å². The maximum Gasteiger partial charge on any atom is 0.416 e. The van der Waals surface area contributed by atoms with Crippen LogP contribution < -0.4 is 10.6 Å². The van der Waals surface area contributed by atoms with Crippen LogP contribution in [0.1, 0.15) is 42.5 Å². The van der Waals surface area contributed by atoms with Gasteiger partial charge >= 0.3 is 6.18 Å². The fourth-order valence-electron chi connectivity index (χ4n) is 3.33. The molecule has 2 N–H and O–H groups in total. The average molecular weight is 390 g/mol. The number of benzene rings is 2. The van der Waals surface area contributed by atoms with Crippen LogP contribution in [0.15, 0.2) is 48.5 Å². The standard InChI is InChI=1S/C21H21F3N2O2/c1-13(14-6-4-7-17(12-14)21(22,23)24)25-19(27)10-9-16-11-15-5-2-3-8-18(15)26-20(16)28/h2-8,12-13,16H,9-11H2,1H3,(H,25,27)(H,26,28)/t13-,16+/m1/s1. The van der Waals surface area contributed by atoms with Crippen LogP contribution in [-0.2, 0) is 22.2 Å². The van der Waals surface area contributed by atoms with Gasteiger partial charge in [0.15, 0.2) is 0 Å². The largest absolute Gasteiger partial charge is 0.416 e. The van der Waals surface area contributed by atoms with E-state index >= 15 is 0 Å². The van der Waals surface area contributed by atoms with Gasteiger partial charge in [-0.25, -0.2) is 0 Å². The summed E-state index contributed by atoms with van der Waals surface area (Å²) in [5, 5.41) is 5.55. The van der Waals surface area contributed by atoms with Gasteiger partial charge in [-0.2, -0.15) is 13.2 Å². The lowest BCUT2D eigenvalue weighted by Crippen LogP contribution is -2.32. The molecule has 0 fully saturated rings. The third-order valence-corrected chi connectivity index (χ3v) is 4.92. The number of hydrogen-bond donors (Lipinski definition) is 2. The van der Waals surface area contributed by atoms with Gasteiger partial charge in [0.25, 0.3) is 0 Å². The van der Waals surface area contributed by atoms with Crippen molar-refractivity contribution in [3.8, 4) is 0 Å². The Morgan fingerprint density at radius 1 is 1.21 bits per heavy atom. The van der Waals surface area contributed by atoms with Crippen LogP contribution in [0.3, 0.4) is 0 Å². The van der Waals surface area contributed by atoms with E-state index in [4.69, 9.17) is 0 Å². The number of carbonyl (C=O) groups excluding carboxylic acids is 2. The molecule has 0 saturated heterocycles. The van der Waals surface area contributed by atoms with Crippen molar-refractivity contribution in [3.05, 3.63) is 65.2 Å². The summed E-state index contributed by atoms with van der Waals surface area (Å²) in [4.78, 5) is 24.4. The Bertz CT molecular complexity index is 880. The zero-order valence-corrected chi connectivity index (χ0v) is 15.3. The topological polar surface area (TPSA) is 58.2 Å². The van der Waals surface area contributed by atoms with E-state index in [0.29, 0.717) is 18.4 Å². The first kappa shape index (κ1) is 19.9. The number of anilines is 1. The molecule has 7 heteroatoms. The molecule has 4 nitrogen and oxygen atoms in total. The smallest absolute Gasteiger partial charge is 0.350 e. The summed E-state index contributed by atoms with van der Waals surface area (Å²) >= 11 is 0. The van der Waals surface area contributed by atoms with E-state index in [9.17, 15) is 22.8 Å². The molecule has 2 amide bonds. The summed E-state index contributed by atoms with van der Waals surface area (Å²) in [5.41, 5.74) is 1.47. The summed E-state index contributed by atoms with van der Waals surface area (Å²) in [7, 11) is 0. The maximum absolute atomic E-state index is 12.8. The Hall–Kier alpha value is -2.83. The second-order valence-electron chi connectivity index (χ2n) is 7.00. The first-order chi connectivity index (χ1) is 13.2. The first-order valence-corrected chi connectivity index (χ1v) is 9.09. The fourth-order valence-corrected chi connectivity index (χ4v) is 3.33.